The molecule has 0 saturated carbocycles. The van der Waals surface area contributed by atoms with Crippen molar-refractivity contribution in [1.82, 2.24) is 0 Å². The summed E-state index contributed by atoms with van der Waals surface area (Å²) < 4.78 is 0. The van der Waals surface area contributed by atoms with Gasteiger partial charge in [0.25, 0.3) is 0 Å². The number of ketones is 3. The van der Waals surface area contributed by atoms with Crippen molar-refractivity contribution in [2.45, 2.75) is 195 Å². The molecule has 0 aromatic carbocycles. The Morgan fingerprint density at radius 1 is 0.470 bits per heavy atom. The molecule has 0 aromatic rings. The standard InChI is InChI=1S/3C17H29NO3S/c3*1-5-8-14(18-21-6-2)17-15(19)10-13(11-16(17)20)9-12(4)22-7-3/h3*12-13,19H,5-11H2,1-4H3/b18-14+;;. The Bertz CT molecular complexity index is 1490. The number of allylic oxidation sites excluding steroid dienone is 6. The Morgan fingerprint density at radius 2 is 0.712 bits per heavy atom. The Morgan fingerprint density at radius 3 is 0.894 bits per heavy atom. The van der Waals surface area contributed by atoms with Crippen LogP contribution in [0.3, 0.4) is 0 Å². The first-order valence-corrected chi connectivity index (χ1v) is 28.0. The summed E-state index contributed by atoms with van der Waals surface area (Å²) in [7, 11) is 0. The van der Waals surface area contributed by atoms with Gasteiger partial charge < -0.3 is 29.8 Å². The maximum Gasteiger partial charge on any atom is 0.168 e. The molecule has 0 bridgehead atoms. The first kappa shape index (κ1) is 61.1. The number of aliphatic hydroxyl groups excluding tert-OH is 3. The summed E-state index contributed by atoms with van der Waals surface area (Å²) in [6.07, 6.45) is 10.7. The van der Waals surface area contributed by atoms with E-state index in [2.05, 4.69) is 57.0 Å². The van der Waals surface area contributed by atoms with Gasteiger partial charge in [0.2, 0.25) is 0 Å². The molecule has 6 atom stereocenters. The molecule has 66 heavy (non-hydrogen) atoms. The van der Waals surface area contributed by atoms with Crippen LogP contribution in [0.1, 0.15) is 179 Å². The van der Waals surface area contributed by atoms with Crippen LogP contribution in [0.15, 0.2) is 49.5 Å². The number of hydrogen-bond acceptors (Lipinski definition) is 15. The number of aliphatic hydroxyl groups is 3. The third-order valence-electron chi connectivity index (χ3n) is 11.2. The maximum atomic E-state index is 12.5. The topological polar surface area (TPSA) is 177 Å². The van der Waals surface area contributed by atoms with Gasteiger partial charge in [0.1, 0.15) is 37.1 Å². The lowest BCUT2D eigenvalue weighted by Gasteiger charge is -2.25. The van der Waals surface area contributed by atoms with Crippen molar-refractivity contribution in [2.24, 2.45) is 33.2 Å². The quantitative estimate of drug-likeness (QED) is 0.0525. The first-order valence-electron chi connectivity index (χ1n) is 24.9. The lowest BCUT2D eigenvalue weighted by molar-refractivity contribution is -0.117. The Hall–Kier alpha value is -2.91. The van der Waals surface area contributed by atoms with Crippen LogP contribution in [0.2, 0.25) is 0 Å². The predicted octanol–water partition coefficient (Wildman–Crippen LogP) is 13.5. The third kappa shape index (κ3) is 22.5. The fourth-order valence-corrected chi connectivity index (χ4v) is 11.6. The van der Waals surface area contributed by atoms with Crippen LogP contribution in [0.5, 0.6) is 0 Å². The van der Waals surface area contributed by atoms with Crippen LogP contribution < -0.4 is 0 Å². The van der Waals surface area contributed by atoms with Crippen molar-refractivity contribution < 1.29 is 44.2 Å². The zero-order valence-electron chi connectivity index (χ0n) is 42.7. The van der Waals surface area contributed by atoms with Crippen LogP contribution in [-0.4, -0.2) is 103 Å². The highest BCUT2D eigenvalue weighted by Gasteiger charge is 2.34. The number of carbonyl (C=O) groups excluding carboxylic acids is 3. The second-order valence-corrected chi connectivity index (χ2v) is 22.3. The van der Waals surface area contributed by atoms with Crippen molar-refractivity contribution in [2.75, 3.05) is 37.1 Å². The normalized spacial score (nSPS) is 21.2. The number of carbonyl (C=O) groups is 3. The molecular weight excluding hydrogens is 895 g/mol. The first-order chi connectivity index (χ1) is 31.6. The number of rotatable bonds is 27. The number of oxime groups is 3. The van der Waals surface area contributed by atoms with Crippen LogP contribution in [-0.2, 0) is 28.9 Å². The third-order valence-corrected chi connectivity index (χ3v) is 14.4. The van der Waals surface area contributed by atoms with Crippen molar-refractivity contribution in [3.05, 3.63) is 34.0 Å². The minimum atomic E-state index is 0.00866. The van der Waals surface area contributed by atoms with Crippen molar-refractivity contribution in [1.29, 1.82) is 0 Å². The molecule has 15 heteroatoms. The molecule has 3 N–H and O–H groups in total. The summed E-state index contributed by atoms with van der Waals surface area (Å²) in [5.74, 6) is 4.56. The monoisotopic (exact) mass is 982 g/mol. The molecule has 6 unspecified atom stereocenters. The van der Waals surface area contributed by atoms with E-state index < -0.39 is 0 Å². The number of thioether (sulfide) groups is 3. The highest BCUT2D eigenvalue weighted by molar-refractivity contribution is 8.00. The average Bonchev–Trinajstić information content (AvgIpc) is 3.23. The van der Waals surface area contributed by atoms with Gasteiger partial charge in [0, 0.05) is 54.3 Å². The van der Waals surface area contributed by atoms with E-state index in [0.29, 0.717) is 127 Å². The van der Waals surface area contributed by atoms with Gasteiger partial charge in [-0.2, -0.15) is 35.3 Å². The largest absolute Gasteiger partial charge is 0.511 e. The molecule has 0 saturated heterocycles. The summed E-state index contributed by atoms with van der Waals surface area (Å²) in [6.45, 7) is 26.0. The Labute approximate surface area is 411 Å². The molecule has 0 amide bonds. The van der Waals surface area contributed by atoms with Gasteiger partial charge in [-0.1, -0.05) is 97.0 Å². The van der Waals surface area contributed by atoms with Crippen LogP contribution in [0, 0.1) is 17.8 Å². The van der Waals surface area contributed by atoms with Crippen molar-refractivity contribution >= 4 is 69.8 Å². The lowest BCUT2D eigenvalue weighted by Crippen LogP contribution is -2.26. The van der Waals surface area contributed by atoms with E-state index in [0.717, 1.165) is 55.8 Å². The van der Waals surface area contributed by atoms with E-state index in [1.165, 1.54) is 0 Å². The molecule has 378 valence electrons. The van der Waals surface area contributed by atoms with Crippen molar-refractivity contribution in [3.8, 4) is 0 Å². The molecule has 0 spiro atoms. The van der Waals surface area contributed by atoms with Crippen LogP contribution >= 0.6 is 35.3 Å². The second kappa shape index (κ2) is 35.2. The summed E-state index contributed by atoms with van der Waals surface area (Å²) in [5, 5.41) is 44.8. The highest BCUT2D eigenvalue weighted by atomic mass is 32.2. The van der Waals surface area contributed by atoms with Gasteiger partial charge in [0.15, 0.2) is 17.3 Å². The van der Waals surface area contributed by atoms with Gasteiger partial charge in [-0.05, 0) is 94.3 Å². The van der Waals surface area contributed by atoms with Gasteiger partial charge in [-0.15, -0.1) is 0 Å². The fourth-order valence-electron chi connectivity index (χ4n) is 8.65. The summed E-state index contributed by atoms with van der Waals surface area (Å²) >= 11 is 5.70. The molecule has 0 heterocycles. The SMILES string of the molecule is CCC/C(=N\OCC)C1=C(O)CC(CC(C)SCC)CC1=O.CCCC(=NOCC)C1=C(O)CC(CC(C)SCC)CC1=O.CCCC(=NOCC)C1=C(O)CC(CC(C)SCC)CC1=O. The molecule has 3 rings (SSSR count). The zero-order chi connectivity index (χ0) is 49.6. The van der Waals surface area contributed by atoms with Gasteiger partial charge in [-0.25, -0.2) is 0 Å². The minimum Gasteiger partial charge on any atom is -0.511 e. The molecule has 0 radical (unpaired) electrons. The molecule has 0 aromatic heterocycles. The fraction of sp³-hybridized carbons (Fsp3) is 0.765. The number of hydrogen-bond donors (Lipinski definition) is 3. The Balaban J connectivity index is 0.000000495. The average molecular weight is 982 g/mol. The minimum absolute atomic E-state index is 0.00866. The van der Waals surface area contributed by atoms with E-state index in [4.69, 9.17) is 14.5 Å². The summed E-state index contributed by atoms with van der Waals surface area (Å²) in [4.78, 5) is 52.7. The van der Waals surface area contributed by atoms with Crippen LogP contribution in [0.4, 0.5) is 0 Å². The highest BCUT2D eigenvalue weighted by Crippen LogP contribution is 2.35. The smallest absolute Gasteiger partial charge is 0.168 e. The molecular formula is C51H87N3O9S3. The van der Waals surface area contributed by atoms with E-state index in [1.54, 1.807) is 0 Å². The predicted molar refractivity (Wildman–Crippen MR) is 281 cm³/mol. The summed E-state index contributed by atoms with van der Waals surface area (Å²) in [5.41, 5.74) is 3.01. The van der Waals surface area contributed by atoms with Gasteiger partial charge >= 0.3 is 0 Å². The number of nitrogens with zero attached hydrogens (tertiary/aromatic N) is 3. The molecule has 3 aliphatic carbocycles. The Kier molecular flexibility index (Phi) is 32.6. The van der Waals surface area contributed by atoms with Gasteiger partial charge in [-0.3, -0.25) is 14.4 Å². The van der Waals surface area contributed by atoms with Crippen LogP contribution in [0.25, 0.3) is 0 Å². The van der Waals surface area contributed by atoms with Crippen molar-refractivity contribution in [3.63, 3.8) is 0 Å². The lowest BCUT2D eigenvalue weighted by atomic mass is 9.82. The van der Waals surface area contributed by atoms with E-state index in [1.807, 2.05) is 76.8 Å². The molecule has 3 aliphatic rings. The maximum absolute atomic E-state index is 12.5. The summed E-state index contributed by atoms with van der Waals surface area (Å²) in [6, 6.07) is 0. The second-order valence-electron chi connectivity index (χ2n) is 17.2. The van der Waals surface area contributed by atoms with E-state index >= 15 is 0 Å². The van der Waals surface area contributed by atoms with E-state index in [9.17, 15) is 29.7 Å². The number of Topliss-reactive ketones (excluding diaryl/α,β-unsaturated/α-hetero) is 3. The van der Waals surface area contributed by atoms with E-state index in [-0.39, 0.29) is 52.4 Å². The molecule has 0 fully saturated rings. The molecule has 0 aliphatic heterocycles. The van der Waals surface area contributed by atoms with Gasteiger partial charge in [0.05, 0.1) is 33.9 Å². The zero-order valence-corrected chi connectivity index (χ0v) is 45.1. The molecule has 12 nitrogen and oxygen atoms in total.